The molecule has 2 aliphatic carbocycles. The number of rotatable bonds is 2. The Morgan fingerprint density at radius 1 is 1.00 bits per heavy atom. The molecule has 4 unspecified atom stereocenters. The molecule has 2 fully saturated rings. The smallest absolute Gasteiger partial charge is 0.0346 e. The molecule has 0 bridgehead atoms. The summed E-state index contributed by atoms with van der Waals surface area (Å²) < 4.78 is 1.38. The minimum absolute atomic E-state index is 0.240. The lowest BCUT2D eigenvalue weighted by Gasteiger charge is -2.41. The molecule has 4 rings (SSSR count). The molecule has 1 heterocycles. The minimum atomic E-state index is 0.240. The fourth-order valence-electron chi connectivity index (χ4n) is 4.75. The first-order valence-electron chi connectivity index (χ1n) is 8.54. The molecule has 0 spiro atoms. The maximum Gasteiger partial charge on any atom is 0.0346 e. The SMILES string of the molecule is NC(c1csc2ccccc12)C1CCC2CCCCC2C1. The summed E-state index contributed by atoms with van der Waals surface area (Å²) in [5, 5.41) is 3.70. The summed E-state index contributed by atoms with van der Waals surface area (Å²) in [6.45, 7) is 0. The van der Waals surface area contributed by atoms with Crippen LogP contribution in [0.1, 0.15) is 56.6 Å². The molecule has 1 aromatic heterocycles. The van der Waals surface area contributed by atoms with Gasteiger partial charge in [-0.25, -0.2) is 0 Å². The number of fused-ring (bicyclic) bond motifs is 2. The van der Waals surface area contributed by atoms with E-state index in [1.807, 2.05) is 11.3 Å². The molecule has 1 nitrogen and oxygen atoms in total. The second-order valence-corrected chi connectivity index (χ2v) is 8.00. The van der Waals surface area contributed by atoms with Crippen molar-refractivity contribution < 1.29 is 0 Å². The predicted molar refractivity (Wildman–Crippen MR) is 91.5 cm³/mol. The van der Waals surface area contributed by atoms with Crippen molar-refractivity contribution in [3.8, 4) is 0 Å². The maximum absolute atomic E-state index is 6.71. The minimum Gasteiger partial charge on any atom is -0.324 e. The summed E-state index contributed by atoms with van der Waals surface area (Å²) in [6.07, 6.45) is 9.98. The highest BCUT2D eigenvalue weighted by atomic mass is 32.1. The fraction of sp³-hybridized carbons (Fsp3) is 0.579. The predicted octanol–water partition coefficient (Wildman–Crippen LogP) is 5.51. The van der Waals surface area contributed by atoms with Crippen LogP contribution in [0.15, 0.2) is 29.6 Å². The average Bonchev–Trinajstić information content (AvgIpc) is 2.98. The van der Waals surface area contributed by atoms with Gasteiger partial charge in [0.25, 0.3) is 0 Å². The molecule has 0 radical (unpaired) electrons. The Kier molecular flexibility index (Phi) is 3.76. The Morgan fingerprint density at radius 3 is 2.71 bits per heavy atom. The number of thiophene rings is 1. The summed E-state index contributed by atoms with van der Waals surface area (Å²) >= 11 is 1.85. The number of hydrogen-bond donors (Lipinski definition) is 1. The highest BCUT2D eigenvalue weighted by molar-refractivity contribution is 7.17. The first-order valence-corrected chi connectivity index (χ1v) is 9.42. The monoisotopic (exact) mass is 299 g/mol. The van der Waals surface area contributed by atoms with Crippen molar-refractivity contribution >= 4 is 21.4 Å². The van der Waals surface area contributed by atoms with Crippen LogP contribution < -0.4 is 5.73 Å². The summed E-state index contributed by atoms with van der Waals surface area (Å²) in [5.41, 5.74) is 8.11. The molecule has 2 N–H and O–H groups in total. The lowest BCUT2D eigenvalue weighted by atomic mass is 9.65. The molecule has 0 aliphatic heterocycles. The van der Waals surface area contributed by atoms with E-state index in [2.05, 4.69) is 29.6 Å². The molecule has 2 heteroatoms. The molecule has 1 aromatic carbocycles. The summed E-state index contributed by atoms with van der Waals surface area (Å²) in [5.74, 6) is 2.68. The largest absolute Gasteiger partial charge is 0.324 e. The van der Waals surface area contributed by atoms with E-state index in [9.17, 15) is 0 Å². The number of benzene rings is 1. The Labute approximate surface area is 131 Å². The van der Waals surface area contributed by atoms with Crippen molar-refractivity contribution in [3.05, 3.63) is 35.2 Å². The topological polar surface area (TPSA) is 26.0 Å². The first-order chi connectivity index (χ1) is 10.3. The fourth-order valence-corrected chi connectivity index (χ4v) is 5.75. The molecule has 2 saturated carbocycles. The van der Waals surface area contributed by atoms with Gasteiger partial charge in [-0.3, -0.25) is 0 Å². The zero-order valence-corrected chi connectivity index (χ0v) is 13.4. The first kappa shape index (κ1) is 13.8. The third kappa shape index (κ3) is 2.53. The van der Waals surface area contributed by atoms with Crippen LogP contribution in [0.25, 0.3) is 10.1 Å². The van der Waals surface area contributed by atoms with E-state index in [4.69, 9.17) is 5.73 Å². The zero-order valence-electron chi connectivity index (χ0n) is 12.6. The van der Waals surface area contributed by atoms with Crippen LogP contribution in [0.4, 0.5) is 0 Å². The van der Waals surface area contributed by atoms with Crippen LogP contribution in [0.2, 0.25) is 0 Å². The van der Waals surface area contributed by atoms with Gasteiger partial charge in [-0.2, -0.15) is 0 Å². The molecule has 0 saturated heterocycles. The molecule has 112 valence electrons. The van der Waals surface area contributed by atoms with Crippen molar-refractivity contribution in [2.45, 2.75) is 51.0 Å². The third-order valence-electron chi connectivity index (χ3n) is 5.96. The molecule has 21 heavy (non-hydrogen) atoms. The van der Waals surface area contributed by atoms with Gasteiger partial charge in [0, 0.05) is 10.7 Å². The van der Waals surface area contributed by atoms with E-state index in [1.54, 1.807) is 0 Å². The quantitative estimate of drug-likeness (QED) is 0.777. The van der Waals surface area contributed by atoms with Gasteiger partial charge in [0.1, 0.15) is 0 Å². The van der Waals surface area contributed by atoms with Gasteiger partial charge in [-0.15, -0.1) is 11.3 Å². The number of hydrogen-bond acceptors (Lipinski definition) is 2. The van der Waals surface area contributed by atoms with E-state index < -0.39 is 0 Å². The van der Waals surface area contributed by atoms with Crippen molar-refractivity contribution in [2.24, 2.45) is 23.5 Å². The van der Waals surface area contributed by atoms with E-state index in [0.29, 0.717) is 5.92 Å². The van der Waals surface area contributed by atoms with E-state index >= 15 is 0 Å². The molecular formula is C19H25NS. The van der Waals surface area contributed by atoms with Crippen LogP contribution in [0.5, 0.6) is 0 Å². The van der Waals surface area contributed by atoms with E-state index in [1.165, 1.54) is 60.6 Å². The molecule has 2 aromatic rings. The van der Waals surface area contributed by atoms with Gasteiger partial charge >= 0.3 is 0 Å². The van der Waals surface area contributed by atoms with Crippen molar-refractivity contribution in [3.63, 3.8) is 0 Å². The molecule has 2 aliphatic rings. The van der Waals surface area contributed by atoms with Crippen LogP contribution in [0, 0.1) is 17.8 Å². The Morgan fingerprint density at radius 2 is 1.81 bits per heavy atom. The van der Waals surface area contributed by atoms with Crippen LogP contribution in [-0.4, -0.2) is 0 Å². The molecule has 0 amide bonds. The summed E-state index contributed by atoms with van der Waals surface area (Å²) in [7, 11) is 0. The summed E-state index contributed by atoms with van der Waals surface area (Å²) in [6, 6.07) is 8.97. The van der Waals surface area contributed by atoms with E-state index in [-0.39, 0.29) is 6.04 Å². The third-order valence-corrected chi connectivity index (χ3v) is 6.94. The van der Waals surface area contributed by atoms with Crippen LogP contribution in [0.3, 0.4) is 0 Å². The molecular weight excluding hydrogens is 274 g/mol. The zero-order chi connectivity index (χ0) is 14.2. The van der Waals surface area contributed by atoms with Gasteiger partial charge in [-0.1, -0.05) is 43.9 Å². The van der Waals surface area contributed by atoms with Gasteiger partial charge in [0.2, 0.25) is 0 Å². The number of nitrogens with two attached hydrogens (primary N) is 1. The highest BCUT2D eigenvalue weighted by Gasteiger charge is 2.35. The van der Waals surface area contributed by atoms with Gasteiger partial charge < -0.3 is 5.73 Å². The maximum atomic E-state index is 6.71. The lowest BCUT2D eigenvalue weighted by molar-refractivity contribution is 0.117. The molecule has 4 atom stereocenters. The van der Waals surface area contributed by atoms with Crippen LogP contribution >= 0.6 is 11.3 Å². The second kappa shape index (κ2) is 5.73. The Balaban J connectivity index is 1.56. The normalized spacial score (nSPS) is 31.0. The van der Waals surface area contributed by atoms with Crippen molar-refractivity contribution in [1.29, 1.82) is 0 Å². The van der Waals surface area contributed by atoms with Crippen LogP contribution in [-0.2, 0) is 0 Å². The second-order valence-electron chi connectivity index (χ2n) is 7.09. The van der Waals surface area contributed by atoms with E-state index in [0.717, 1.165) is 11.8 Å². The Bertz CT molecular complexity index is 617. The van der Waals surface area contributed by atoms with Gasteiger partial charge in [0.15, 0.2) is 0 Å². The van der Waals surface area contributed by atoms with Gasteiger partial charge in [0.05, 0.1) is 0 Å². The van der Waals surface area contributed by atoms with Crippen molar-refractivity contribution in [2.75, 3.05) is 0 Å². The summed E-state index contributed by atoms with van der Waals surface area (Å²) in [4.78, 5) is 0. The average molecular weight is 299 g/mol. The van der Waals surface area contributed by atoms with Gasteiger partial charge in [-0.05, 0) is 59.4 Å². The standard InChI is InChI=1S/C19H25NS/c20-19(17-12-21-18-8-4-3-7-16(17)18)15-10-9-13-5-1-2-6-14(13)11-15/h3-4,7-8,12-15,19H,1-2,5-6,9-11,20H2. The Hall–Kier alpha value is -0.860. The van der Waals surface area contributed by atoms with Crippen molar-refractivity contribution in [1.82, 2.24) is 0 Å². The highest BCUT2D eigenvalue weighted by Crippen LogP contribution is 2.46. The lowest BCUT2D eigenvalue weighted by Crippen LogP contribution is -2.33.